The van der Waals surface area contributed by atoms with Crippen LogP contribution in [-0.2, 0) is 5.11 Å². The van der Waals surface area contributed by atoms with E-state index in [4.69, 9.17) is 0 Å². The maximum Gasteiger partial charge on any atom is 0.0822 e. The minimum Gasteiger partial charge on any atom is -0.316 e. The number of unbranched alkanes of at least 4 members (excludes halogenated alkanes) is 1. The van der Waals surface area contributed by atoms with Crippen LogP contribution in [0.1, 0.15) is 25.7 Å². The van der Waals surface area contributed by atoms with Crippen molar-refractivity contribution in [2.24, 2.45) is 5.92 Å². The minimum atomic E-state index is 0.111. The third-order valence-corrected chi connectivity index (χ3v) is 2.17. The first-order chi connectivity index (χ1) is 4.93. The van der Waals surface area contributed by atoms with E-state index in [1.165, 1.54) is 25.9 Å². The Morgan fingerprint density at radius 3 is 2.90 bits per heavy atom. The molecule has 0 aromatic heterocycles. The van der Waals surface area contributed by atoms with E-state index in [0.29, 0.717) is 0 Å². The van der Waals surface area contributed by atoms with Gasteiger partial charge < -0.3 is 5.32 Å². The quantitative estimate of drug-likeness (QED) is 0.587. The molecule has 0 bridgehead atoms. The molecule has 0 aromatic rings. The summed E-state index contributed by atoms with van der Waals surface area (Å²) in [4.78, 5) is 0. The number of nitrogens with one attached hydrogen (secondary N) is 1. The van der Waals surface area contributed by atoms with Crippen LogP contribution in [0.5, 0.6) is 0 Å². The van der Waals surface area contributed by atoms with Gasteiger partial charge in [0.05, 0.1) is 6.61 Å². The van der Waals surface area contributed by atoms with Crippen molar-refractivity contribution in [3.8, 4) is 0 Å². The van der Waals surface area contributed by atoms with Crippen LogP contribution in [0.2, 0.25) is 0 Å². The Morgan fingerprint density at radius 1 is 1.40 bits per heavy atom. The van der Waals surface area contributed by atoms with Gasteiger partial charge in [0.15, 0.2) is 0 Å². The van der Waals surface area contributed by atoms with Gasteiger partial charge in [-0.1, -0.05) is 6.42 Å². The molecule has 1 radical (unpaired) electrons. The number of hydrogen-bond acceptors (Lipinski definition) is 1. The molecule has 0 aliphatic carbocycles. The predicted molar refractivity (Wildman–Crippen MR) is 40.4 cm³/mol. The van der Waals surface area contributed by atoms with E-state index < -0.39 is 0 Å². The van der Waals surface area contributed by atoms with Crippen molar-refractivity contribution in [2.45, 2.75) is 25.7 Å². The molecule has 1 aliphatic heterocycles. The van der Waals surface area contributed by atoms with E-state index in [1.54, 1.807) is 0 Å². The first kappa shape index (κ1) is 8.02. The molecule has 1 rings (SSSR count). The van der Waals surface area contributed by atoms with Gasteiger partial charge in [-0.05, 0) is 38.3 Å². The van der Waals surface area contributed by atoms with Crippen LogP contribution in [0, 0.1) is 5.92 Å². The van der Waals surface area contributed by atoms with Crippen molar-refractivity contribution >= 4 is 0 Å². The Hall–Kier alpha value is -0.0800. The molecular weight excluding hydrogens is 126 g/mol. The molecule has 0 aromatic carbocycles. The van der Waals surface area contributed by atoms with Gasteiger partial charge in [0, 0.05) is 0 Å². The lowest BCUT2D eigenvalue weighted by Crippen LogP contribution is -2.08. The van der Waals surface area contributed by atoms with Crippen LogP contribution in [0.3, 0.4) is 0 Å². The predicted octanol–water partition coefficient (Wildman–Crippen LogP) is 1.20. The average Bonchev–Trinajstić information content (AvgIpc) is 2.41. The lowest BCUT2D eigenvalue weighted by molar-refractivity contribution is 0.184. The molecule has 1 fully saturated rings. The lowest BCUT2D eigenvalue weighted by Gasteiger charge is -2.05. The Labute approximate surface area is 62.6 Å². The molecular formula is C8H16NO. The normalized spacial score (nSPS) is 25.5. The molecule has 0 saturated carbocycles. The van der Waals surface area contributed by atoms with Gasteiger partial charge in [-0.25, -0.2) is 5.11 Å². The summed E-state index contributed by atoms with van der Waals surface area (Å²) < 4.78 is 0. The zero-order chi connectivity index (χ0) is 7.23. The maximum absolute atomic E-state index is 10.1. The molecule has 2 nitrogen and oxygen atoms in total. The van der Waals surface area contributed by atoms with Crippen molar-refractivity contribution < 1.29 is 5.11 Å². The van der Waals surface area contributed by atoms with Gasteiger partial charge in [-0.3, -0.25) is 0 Å². The monoisotopic (exact) mass is 142 g/mol. The third-order valence-electron chi connectivity index (χ3n) is 2.17. The first-order valence-corrected chi connectivity index (χ1v) is 4.22. The Balaban J connectivity index is 1.91. The van der Waals surface area contributed by atoms with Crippen LogP contribution in [0.15, 0.2) is 0 Å². The summed E-state index contributed by atoms with van der Waals surface area (Å²) in [7, 11) is 0. The van der Waals surface area contributed by atoms with Crippen LogP contribution >= 0.6 is 0 Å². The Kier molecular flexibility index (Phi) is 3.76. The first-order valence-electron chi connectivity index (χ1n) is 4.22. The number of hydrogen-bond donors (Lipinski definition) is 1. The van der Waals surface area contributed by atoms with Gasteiger partial charge in [0.25, 0.3) is 0 Å². The molecule has 0 spiro atoms. The highest BCUT2D eigenvalue weighted by atomic mass is 16.2. The van der Waals surface area contributed by atoms with Gasteiger partial charge >= 0.3 is 0 Å². The second-order valence-corrected chi connectivity index (χ2v) is 3.06. The fourth-order valence-electron chi connectivity index (χ4n) is 1.50. The molecule has 1 N–H and O–H groups in total. The highest BCUT2D eigenvalue weighted by Crippen LogP contribution is 2.14. The SMILES string of the molecule is [O]CCCCC1CCNC1. The largest absolute Gasteiger partial charge is 0.316 e. The van der Waals surface area contributed by atoms with Crippen molar-refractivity contribution in [3.05, 3.63) is 0 Å². The highest BCUT2D eigenvalue weighted by molar-refractivity contribution is 4.70. The molecule has 2 heteroatoms. The minimum absolute atomic E-state index is 0.111. The molecule has 10 heavy (non-hydrogen) atoms. The van der Waals surface area contributed by atoms with Crippen LogP contribution < -0.4 is 5.32 Å². The van der Waals surface area contributed by atoms with Gasteiger partial charge in [0.1, 0.15) is 0 Å². The molecule has 1 heterocycles. The summed E-state index contributed by atoms with van der Waals surface area (Å²) in [5, 5.41) is 13.4. The smallest absolute Gasteiger partial charge is 0.0822 e. The van der Waals surface area contributed by atoms with Crippen molar-refractivity contribution in [3.63, 3.8) is 0 Å². The third kappa shape index (κ3) is 2.67. The molecule has 1 unspecified atom stereocenters. The average molecular weight is 142 g/mol. The fraction of sp³-hybridized carbons (Fsp3) is 1.00. The number of rotatable bonds is 4. The van der Waals surface area contributed by atoms with Gasteiger partial charge in [0.2, 0.25) is 0 Å². The summed E-state index contributed by atoms with van der Waals surface area (Å²) in [6.45, 7) is 2.47. The van der Waals surface area contributed by atoms with Gasteiger partial charge in [-0.2, -0.15) is 0 Å². The van der Waals surface area contributed by atoms with Crippen LogP contribution in [-0.4, -0.2) is 19.7 Å². The molecule has 1 aliphatic rings. The van der Waals surface area contributed by atoms with Crippen LogP contribution in [0.25, 0.3) is 0 Å². The second-order valence-electron chi connectivity index (χ2n) is 3.06. The van der Waals surface area contributed by atoms with E-state index in [9.17, 15) is 5.11 Å². The van der Waals surface area contributed by atoms with Gasteiger partial charge in [-0.15, -0.1) is 0 Å². The Morgan fingerprint density at radius 2 is 2.30 bits per heavy atom. The zero-order valence-corrected chi connectivity index (χ0v) is 6.44. The van der Waals surface area contributed by atoms with Crippen LogP contribution in [0.4, 0.5) is 0 Å². The van der Waals surface area contributed by atoms with E-state index in [1.807, 2.05) is 0 Å². The van der Waals surface area contributed by atoms with Crippen molar-refractivity contribution in [1.29, 1.82) is 0 Å². The van der Waals surface area contributed by atoms with E-state index in [-0.39, 0.29) is 6.61 Å². The summed E-state index contributed by atoms with van der Waals surface area (Å²) in [5.74, 6) is 0.867. The molecule has 59 valence electrons. The maximum atomic E-state index is 10.1. The zero-order valence-electron chi connectivity index (χ0n) is 6.44. The fourth-order valence-corrected chi connectivity index (χ4v) is 1.50. The molecule has 1 atom stereocenters. The topological polar surface area (TPSA) is 31.9 Å². The van der Waals surface area contributed by atoms with E-state index >= 15 is 0 Å². The molecule has 0 amide bonds. The summed E-state index contributed by atoms with van der Waals surface area (Å²) in [5.41, 5.74) is 0. The van der Waals surface area contributed by atoms with Crippen molar-refractivity contribution in [1.82, 2.24) is 5.32 Å². The standard InChI is InChI=1S/C8H16NO/c10-6-2-1-3-8-4-5-9-7-8/h8-9H,1-7H2. The molecule has 1 saturated heterocycles. The summed E-state index contributed by atoms with van der Waals surface area (Å²) in [6, 6.07) is 0. The summed E-state index contributed by atoms with van der Waals surface area (Å²) in [6.07, 6.45) is 4.58. The van der Waals surface area contributed by atoms with Crippen molar-refractivity contribution in [2.75, 3.05) is 19.7 Å². The summed E-state index contributed by atoms with van der Waals surface area (Å²) >= 11 is 0. The highest BCUT2D eigenvalue weighted by Gasteiger charge is 2.12. The lowest BCUT2D eigenvalue weighted by atomic mass is 10.0. The van der Waals surface area contributed by atoms with E-state index in [0.717, 1.165) is 18.8 Å². The Bertz CT molecular complexity index is 79.3. The van der Waals surface area contributed by atoms with E-state index in [2.05, 4.69) is 5.32 Å². The second kappa shape index (κ2) is 4.69.